The van der Waals surface area contributed by atoms with Crippen molar-refractivity contribution in [1.82, 2.24) is 5.32 Å². The van der Waals surface area contributed by atoms with E-state index in [0.29, 0.717) is 12.1 Å². The Morgan fingerprint density at radius 3 is 2.62 bits per heavy atom. The Hall–Kier alpha value is -1.54. The highest BCUT2D eigenvalue weighted by atomic mass is 16.3. The zero-order chi connectivity index (χ0) is 14.9. The first kappa shape index (κ1) is 14.4. The fraction of sp³-hybridized carbons (Fsp3) is 0.474. The fourth-order valence-corrected chi connectivity index (χ4v) is 3.35. The molecule has 0 aliphatic heterocycles. The lowest BCUT2D eigenvalue weighted by atomic mass is 9.80. The molecule has 2 heteroatoms. The minimum absolute atomic E-state index is 0.169. The molecule has 0 spiro atoms. The molecule has 0 bridgehead atoms. The van der Waals surface area contributed by atoms with Gasteiger partial charge in [-0.25, -0.2) is 0 Å². The van der Waals surface area contributed by atoms with Crippen LogP contribution in [0.1, 0.15) is 62.6 Å². The second kappa shape index (κ2) is 5.69. The van der Waals surface area contributed by atoms with Gasteiger partial charge in [0.2, 0.25) is 0 Å². The Bertz CT molecular complexity index is 579. The zero-order valence-electron chi connectivity index (χ0n) is 13.2. The standard InChI is InChI=1S/C19H25NO/c1-19(2,3)18(14-8-5-4-6-9-14)20-16-10-7-11-17-15(16)12-13-21-17/h4-6,8-9,12-13,16,18,20H,7,10-11H2,1-3H3. The Labute approximate surface area is 127 Å². The van der Waals surface area contributed by atoms with Crippen molar-refractivity contribution in [3.05, 3.63) is 59.5 Å². The Balaban J connectivity index is 1.87. The van der Waals surface area contributed by atoms with Crippen molar-refractivity contribution in [1.29, 1.82) is 0 Å². The minimum Gasteiger partial charge on any atom is -0.469 e. The molecule has 0 fully saturated rings. The molecule has 1 aromatic heterocycles. The number of hydrogen-bond donors (Lipinski definition) is 1. The van der Waals surface area contributed by atoms with E-state index in [2.05, 4.69) is 62.5 Å². The van der Waals surface area contributed by atoms with Crippen LogP contribution in [0.15, 0.2) is 47.1 Å². The maximum Gasteiger partial charge on any atom is 0.108 e. The molecule has 0 saturated heterocycles. The SMILES string of the molecule is CC(C)(C)C(NC1CCCc2occc21)c1ccccc1. The average molecular weight is 283 g/mol. The fourth-order valence-electron chi connectivity index (χ4n) is 3.35. The third-order valence-corrected chi connectivity index (χ3v) is 4.42. The largest absolute Gasteiger partial charge is 0.469 e. The van der Waals surface area contributed by atoms with Crippen molar-refractivity contribution in [3.63, 3.8) is 0 Å². The Kier molecular flexibility index (Phi) is 3.90. The van der Waals surface area contributed by atoms with Gasteiger partial charge < -0.3 is 9.73 Å². The van der Waals surface area contributed by atoms with Crippen molar-refractivity contribution in [2.24, 2.45) is 5.41 Å². The summed E-state index contributed by atoms with van der Waals surface area (Å²) < 4.78 is 5.62. The molecule has 1 N–H and O–H groups in total. The number of furan rings is 1. The van der Waals surface area contributed by atoms with Crippen LogP contribution >= 0.6 is 0 Å². The van der Waals surface area contributed by atoms with Gasteiger partial charge in [0.15, 0.2) is 0 Å². The summed E-state index contributed by atoms with van der Waals surface area (Å²) >= 11 is 0. The van der Waals surface area contributed by atoms with Crippen molar-refractivity contribution < 1.29 is 4.42 Å². The molecule has 1 aliphatic carbocycles. The van der Waals surface area contributed by atoms with Crippen LogP contribution in [-0.2, 0) is 6.42 Å². The summed E-state index contributed by atoms with van der Waals surface area (Å²) in [5, 5.41) is 3.89. The van der Waals surface area contributed by atoms with Crippen molar-refractivity contribution in [3.8, 4) is 0 Å². The second-order valence-corrected chi connectivity index (χ2v) is 7.12. The van der Waals surface area contributed by atoms with Crippen LogP contribution in [0.4, 0.5) is 0 Å². The lowest BCUT2D eigenvalue weighted by molar-refractivity contribution is 0.238. The lowest BCUT2D eigenvalue weighted by Gasteiger charge is -2.36. The topological polar surface area (TPSA) is 25.2 Å². The maximum absolute atomic E-state index is 5.62. The normalized spacial score (nSPS) is 20.0. The maximum atomic E-state index is 5.62. The van der Waals surface area contributed by atoms with E-state index in [0.717, 1.165) is 6.42 Å². The van der Waals surface area contributed by atoms with Crippen LogP contribution in [0.3, 0.4) is 0 Å². The van der Waals surface area contributed by atoms with E-state index in [1.165, 1.54) is 29.7 Å². The summed E-state index contributed by atoms with van der Waals surface area (Å²) in [4.78, 5) is 0. The van der Waals surface area contributed by atoms with Gasteiger partial charge in [-0.2, -0.15) is 0 Å². The number of nitrogens with one attached hydrogen (secondary N) is 1. The monoisotopic (exact) mass is 283 g/mol. The predicted octanol–water partition coefficient (Wildman–Crippen LogP) is 5.03. The third kappa shape index (κ3) is 3.06. The number of fused-ring (bicyclic) bond motifs is 1. The smallest absolute Gasteiger partial charge is 0.108 e. The molecular formula is C19H25NO. The van der Waals surface area contributed by atoms with Gasteiger partial charge in [-0.1, -0.05) is 51.1 Å². The molecule has 112 valence electrons. The van der Waals surface area contributed by atoms with E-state index in [9.17, 15) is 0 Å². The van der Waals surface area contributed by atoms with Gasteiger partial charge in [0.05, 0.1) is 6.26 Å². The van der Waals surface area contributed by atoms with Crippen LogP contribution in [0.2, 0.25) is 0 Å². The van der Waals surface area contributed by atoms with Crippen molar-refractivity contribution in [2.75, 3.05) is 0 Å². The highest BCUT2D eigenvalue weighted by Crippen LogP contribution is 2.38. The van der Waals surface area contributed by atoms with Crippen molar-refractivity contribution >= 4 is 0 Å². The number of aryl methyl sites for hydroxylation is 1. The summed E-state index contributed by atoms with van der Waals surface area (Å²) in [6, 6.07) is 13.7. The van der Waals surface area contributed by atoms with E-state index in [4.69, 9.17) is 4.42 Å². The van der Waals surface area contributed by atoms with E-state index in [1.54, 1.807) is 0 Å². The zero-order valence-corrected chi connectivity index (χ0v) is 13.2. The van der Waals surface area contributed by atoms with Gasteiger partial charge in [0.25, 0.3) is 0 Å². The molecule has 1 aliphatic rings. The number of hydrogen-bond acceptors (Lipinski definition) is 2. The summed E-state index contributed by atoms with van der Waals surface area (Å²) in [6.45, 7) is 6.91. The van der Waals surface area contributed by atoms with Crippen LogP contribution in [0.25, 0.3) is 0 Å². The molecule has 1 aromatic carbocycles. The summed E-state index contributed by atoms with van der Waals surface area (Å²) in [5.74, 6) is 1.17. The molecule has 0 radical (unpaired) electrons. The highest BCUT2D eigenvalue weighted by Gasteiger charge is 2.31. The molecular weight excluding hydrogens is 258 g/mol. The van der Waals surface area contributed by atoms with E-state index >= 15 is 0 Å². The van der Waals surface area contributed by atoms with E-state index in [-0.39, 0.29) is 5.41 Å². The predicted molar refractivity (Wildman–Crippen MR) is 86.2 cm³/mol. The summed E-state index contributed by atoms with van der Waals surface area (Å²) in [5.41, 5.74) is 2.88. The molecule has 21 heavy (non-hydrogen) atoms. The Morgan fingerprint density at radius 2 is 1.90 bits per heavy atom. The van der Waals surface area contributed by atoms with Crippen LogP contribution < -0.4 is 5.32 Å². The van der Waals surface area contributed by atoms with Gasteiger partial charge >= 0.3 is 0 Å². The molecule has 0 saturated carbocycles. The average Bonchev–Trinajstić information content (AvgIpc) is 2.93. The molecule has 3 rings (SSSR count). The summed E-state index contributed by atoms with van der Waals surface area (Å²) in [6.07, 6.45) is 5.29. The second-order valence-electron chi connectivity index (χ2n) is 7.12. The number of benzene rings is 1. The van der Waals surface area contributed by atoms with Gasteiger partial charge in [-0.15, -0.1) is 0 Å². The third-order valence-electron chi connectivity index (χ3n) is 4.42. The first-order valence-electron chi connectivity index (χ1n) is 7.93. The van der Waals surface area contributed by atoms with E-state index < -0.39 is 0 Å². The van der Waals surface area contributed by atoms with E-state index in [1.807, 2.05) is 6.26 Å². The van der Waals surface area contributed by atoms with Crippen LogP contribution in [0.5, 0.6) is 0 Å². The molecule has 1 heterocycles. The first-order chi connectivity index (χ1) is 10.1. The summed E-state index contributed by atoms with van der Waals surface area (Å²) in [7, 11) is 0. The van der Waals surface area contributed by atoms with Crippen LogP contribution in [0, 0.1) is 5.41 Å². The molecule has 0 amide bonds. The molecule has 2 atom stereocenters. The van der Waals surface area contributed by atoms with Crippen LogP contribution in [-0.4, -0.2) is 0 Å². The first-order valence-corrected chi connectivity index (χ1v) is 7.93. The number of rotatable bonds is 3. The quantitative estimate of drug-likeness (QED) is 0.854. The van der Waals surface area contributed by atoms with Gasteiger partial charge in [-0.05, 0) is 29.9 Å². The molecule has 2 aromatic rings. The minimum atomic E-state index is 0.169. The van der Waals surface area contributed by atoms with Crippen molar-refractivity contribution in [2.45, 2.75) is 52.1 Å². The highest BCUT2D eigenvalue weighted by molar-refractivity contribution is 5.26. The molecule has 2 unspecified atom stereocenters. The van der Waals surface area contributed by atoms with Gasteiger partial charge in [0.1, 0.15) is 5.76 Å². The lowest BCUT2D eigenvalue weighted by Crippen LogP contribution is -2.36. The molecule has 2 nitrogen and oxygen atoms in total. The Morgan fingerprint density at radius 1 is 1.14 bits per heavy atom. The van der Waals surface area contributed by atoms with Gasteiger partial charge in [-0.3, -0.25) is 0 Å². The van der Waals surface area contributed by atoms with Gasteiger partial charge in [0, 0.05) is 24.1 Å².